The van der Waals surface area contributed by atoms with Crippen molar-refractivity contribution in [3.63, 3.8) is 0 Å². The average Bonchev–Trinajstić information content (AvgIpc) is 2.40. The standard InChI is InChI=1S/C14H18Cl2O3S/c1-2-10-4-3-5-12(8-10)19-13-7-6-11(15)9-14(13)20(16,17)18/h6-7,9-10,12H,2-5,8H2,1H3. The molecule has 3 nitrogen and oxygen atoms in total. The molecular weight excluding hydrogens is 319 g/mol. The van der Waals surface area contributed by atoms with Gasteiger partial charge in [-0.25, -0.2) is 8.42 Å². The first kappa shape index (κ1) is 15.9. The summed E-state index contributed by atoms with van der Waals surface area (Å²) in [6, 6.07) is 4.52. The SMILES string of the molecule is CCC1CCCC(Oc2ccc(Cl)cc2S(=O)(=O)Cl)C1. The van der Waals surface area contributed by atoms with Gasteiger partial charge in [-0.15, -0.1) is 0 Å². The summed E-state index contributed by atoms with van der Waals surface area (Å²) in [5.41, 5.74) is 0. The fraction of sp³-hybridized carbons (Fsp3) is 0.571. The molecule has 0 aliphatic heterocycles. The molecule has 0 aromatic heterocycles. The van der Waals surface area contributed by atoms with E-state index in [9.17, 15) is 8.42 Å². The minimum Gasteiger partial charge on any atom is -0.489 e. The molecule has 20 heavy (non-hydrogen) atoms. The van der Waals surface area contributed by atoms with Crippen molar-refractivity contribution < 1.29 is 13.2 Å². The molecule has 2 rings (SSSR count). The zero-order valence-corrected chi connectivity index (χ0v) is 13.6. The quantitative estimate of drug-likeness (QED) is 0.753. The summed E-state index contributed by atoms with van der Waals surface area (Å²) in [5.74, 6) is 0.947. The van der Waals surface area contributed by atoms with Crippen LogP contribution in [0.3, 0.4) is 0 Å². The lowest BCUT2D eigenvalue weighted by atomic mass is 9.85. The van der Waals surface area contributed by atoms with Crippen LogP contribution in [0, 0.1) is 5.92 Å². The van der Waals surface area contributed by atoms with Crippen molar-refractivity contribution in [2.24, 2.45) is 5.92 Å². The predicted molar refractivity (Wildman–Crippen MR) is 81.2 cm³/mol. The average molecular weight is 337 g/mol. The van der Waals surface area contributed by atoms with Gasteiger partial charge in [-0.2, -0.15) is 0 Å². The third-order valence-electron chi connectivity index (χ3n) is 3.77. The monoisotopic (exact) mass is 336 g/mol. The molecule has 0 bridgehead atoms. The Kier molecular flexibility index (Phi) is 5.21. The molecule has 112 valence electrons. The Hall–Kier alpha value is -0.450. The van der Waals surface area contributed by atoms with E-state index in [1.54, 1.807) is 12.1 Å². The van der Waals surface area contributed by atoms with E-state index in [1.807, 2.05) is 0 Å². The first-order valence-electron chi connectivity index (χ1n) is 6.81. The maximum Gasteiger partial charge on any atom is 0.265 e. The van der Waals surface area contributed by atoms with Gasteiger partial charge in [0.05, 0.1) is 6.10 Å². The maximum atomic E-state index is 11.6. The van der Waals surface area contributed by atoms with Crippen LogP contribution in [0.1, 0.15) is 39.0 Å². The molecule has 0 amide bonds. The summed E-state index contributed by atoms with van der Waals surface area (Å²) in [7, 11) is 1.58. The van der Waals surface area contributed by atoms with Crippen LogP contribution >= 0.6 is 22.3 Å². The van der Waals surface area contributed by atoms with Gasteiger partial charge in [-0.05, 0) is 43.4 Å². The van der Waals surface area contributed by atoms with Gasteiger partial charge in [0.2, 0.25) is 0 Å². The second-order valence-corrected chi connectivity index (χ2v) is 8.18. The lowest BCUT2D eigenvalue weighted by molar-refractivity contribution is 0.119. The van der Waals surface area contributed by atoms with E-state index in [-0.39, 0.29) is 11.0 Å². The van der Waals surface area contributed by atoms with Crippen molar-refractivity contribution >= 4 is 31.3 Å². The molecule has 0 radical (unpaired) electrons. The van der Waals surface area contributed by atoms with Gasteiger partial charge in [0, 0.05) is 15.7 Å². The van der Waals surface area contributed by atoms with Crippen LogP contribution in [-0.4, -0.2) is 14.5 Å². The Labute approximate surface area is 129 Å². The van der Waals surface area contributed by atoms with Gasteiger partial charge in [0.1, 0.15) is 10.6 Å². The second kappa shape index (κ2) is 6.54. The van der Waals surface area contributed by atoms with Crippen LogP contribution < -0.4 is 4.74 Å². The van der Waals surface area contributed by atoms with Gasteiger partial charge >= 0.3 is 0 Å². The van der Waals surface area contributed by atoms with E-state index in [0.29, 0.717) is 16.7 Å². The van der Waals surface area contributed by atoms with Gasteiger partial charge < -0.3 is 4.74 Å². The van der Waals surface area contributed by atoms with Crippen LogP contribution in [0.25, 0.3) is 0 Å². The molecule has 2 atom stereocenters. The normalized spacial score (nSPS) is 23.6. The molecule has 6 heteroatoms. The van der Waals surface area contributed by atoms with Crippen LogP contribution in [-0.2, 0) is 9.05 Å². The Morgan fingerprint density at radius 3 is 2.75 bits per heavy atom. The highest BCUT2D eigenvalue weighted by atomic mass is 35.7. The number of rotatable bonds is 4. The molecule has 1 fully saturated rings. The smallest absolute Gasteiger partial charge is 0.265 e. The van der Waals surface area contributed by atoms with Crippen molar-refractivity contribution in [3.8, 4) is 5.75 Å². The highest BCUT2D eigenvalue weighted by Gasteiger charge is 2.25. The third-order valence-corrected chi connectivity index (χ3v) is 5.35. The van der Waals surface area contributed by atoms with Crippen LogP contribution in [0.15, 0.2) is 23.1 Å². The highest BCUT2D eigenvalue weighted by molar-refractivity contribution is 8.13. The van der Waals surface area contributed by atoms with Gasteiger partial charge in [-0.3, -0.25) is 0 Å². The predicted octanol–water partition coefficient (Wildman–Crippen LogP) is 4.62. The van der Waals surface area contributed by atoms with Crippen molar-refractivity contribution in [2.45, 2.75) is 50.0 Å². The fourth-order valence-electron chi connectivity index (χ4n) is 2.67. The minimum absolute atomic E-state index is 0.0482. The number of ether oxygens (including phenoxy) is 1. The molecule has 0 N–H and O–H groups in total. The van der Waals surface area contributed by atoms with Crippen molar-refractivity contribution in [3.05, 3.63) is 23.2 Å². The van der Waals surface area contributed by atoms with Gasteiger partial charge in [0.25, 0.3) is 9.05 Å². The minimum atomic E-state index is -3.86. The molecule has 2 unspecified atom stereocenters. The molecule has 1 aromatic rings. The Morgan fingerprint density at radius 1 is 1.35 bits per heavy atom. The number of hydrogen-bond donors (Lipinski definition) is 0. The molecule has 1 aliphatic carbocycles. The molecule has 1 saturated carbocycles. The zero-order valence-electron chi connectivity index (χ0n) is 11.3. The third kappa shape index (κ3) is 4.03. The van der Waals surface area contributed by atoms with Crippen molar-refractivity contribution in [1.82, 2.24) is 0 Å². The zero-order chi connectivity index (χ0) is 14.8. The molecule has 1 aliphatic rings. The van der Waals surface area contributed by atoms with E-state index in [1.165, 1.54) is 12.5 Å². The van der Waals surface area contributed by atoms with E-state index in [0.717, 1.165) is 25.7 Å². The molecule has 0 saturated heterocycles. The van der Waals surface area contributed by atoms with Crippen molar-refractivity contribution in [1.29, 1.82) is 0 Å². The number of halogens is 2. The molecule has 1 aromatic carbocycles. The molecule has 0 spiro atoms. The molecule has 0 heterocycles. The second-order valence-electron chi connectivity index (χ2n) is 5.21. The fourth-order valence-corrected chi connectivity index (χ4v) is 3.89. The highest BCUT2D eigenvalue weighted by Crippen LogP contribution is 2.34. The summed E-state index contributed by atoms with van der Waals surface area (Å²) in [6.45, 7) is 2.17. The Balaban J connectivity index is 2.21. The van der Waals surface area contributed by atoms with Gasteiger partial charge in [-0.1, -0.05) is 31.4 Å². The van der Waals surface area contributed by atoms with E-state index in [4.69, 9.17) is 27.0 Å². The first-order valence-corrected chi connectivity index (χ1v) is 9.49. The maximum absolute atomic E-state index is 11.6. The van der Waals surface area contributed by atoms with E-state index in [2.05, 4.69) is 6.92 Å². The van der Waals surface area contributed by atoms with E-state index < -0.39 is 9.05 Å². The Bertz CT molecular complexity index is 572. The largest absolute Gasteiger partial charge is 0.489 e. The number of hydrogen-bond acceptors (Lipinski definition) is 3. The summed E-state index contributed by atoms with van der Waals surface area (Å²) in [5, 5.41) is 0.326. The van der Waals surface area contributed by atoms with Crippen LogP contribution in [0.5, 0.6) is 5.75 Å². The van der Waals surface area contributed by atoms with E-state index >= 15 is 0 Å². The topological polar surface area (TPSA) is 43.4 Å². The first-order chi connectivity index (χ1) is 9.40. The number of benzene rings is 1. The lowest BCUT2D eigenvalue weighted by Crippen LogP contribution is -2.25. The van der Waals surface area contributed by atoms with Crippen LogP contribution in [0.4, 0.5) is 0 Å². The summed E-state index contributed by atoms with van der Waals surface area (Å²) in [6.07, 6.45) is 5.41. The Morgan fingerprint density at radius 2 is 2.10 bits per heavy atom. The molecular formula is C14H18Cl2O3S. The summed E-state index contributed by atoms with van der Waals surface area (Å²) >= 11 is 5.83. The lowest BCUT2D eigenvalue weighted by Gasteiger charge is -2.29. The summed E-state index contributed by atoms with van der Waals surface area (Å²) < 4.78 is 29.1. The van der Waals surface area contributed by atoms with Gasteiger partial charge in [0.15, 0.2) is 0 Å². The van der Waals surface area contributed by atoms with Crippen LogP contribution in [0.2, 0.25) is 5.02 Å². The summed E-state index contributed by atoms with van der Waals surface area (Å²) in [4.78, 5) is -0.0507. The van der Waals surface area contributed by atoms with Crippen molar-refractivity contribution in [2.75, 3.05) is 0 Å².